The van der Waals surface area contributed by atoms with Gasteiger partial charge in [-0.25, -0.2) is 4.98 Å². The molecular formula is C13H14ClN3O. The number of amides is 1. The van der Waals surface area contributed by atoms with Crippen molar-refractivity contribution in [2.45, 2.75) is 6.42 Å². The molecule has 0 aliphatic rings. The van der Waals surface area contributed by atoms with E-state index in [0.717, 1.165) is 11.8 Å². The summed E-state index contributed by atoms with van der Waals surface area (Å²) in [6.07, 6.45) is 4.18. The molecule has 0 unspecified atom stereocenters. The predicted molar refractivity (Wildman–Crippen MR) is 72.9 cm³/mol. The largest absolute Gasteiger partial charge is 0.348 e. The molecule has 0 radical (unpaired) electrons. The molecule has 1 amide bonds. The van der Waals surface area contributed by atoms with Gasteiger partial charge < -0.3 is 9.88 Å². The lowest BCUT2D eigenvalue weighted by atomic mass is 10.3. The van der Waals surface area contributed by atoms with Crippen molar-refractivity contribution < 1.29 is 4.79 Å². The molecule has 0 atom stereocenters. The third kappa shape index (κ3) is 2.38. The Balaban J connectivity index is 2.28. The molecule has 0 saturated heterocycles. The Morgan fingerprint density at radius 1 is 1.67 bits per heavy atom. The lowest BCUT2D eigenvalue weighted by Crippen LogP contribution is -2.27. The summed E-state index contributed by atoms with van der Waals surface area (Å²) in [5.74, 6) is -0.0656. The van der Waals surface area contributed by atoms with Crippen LogP contribution in [-0.2, 0) is 0 Å². The minimum Gasteiger partial charge on any atom is -0.348 e. The number of nitrogens with one attached hydrogen (secondary N) is 1. The fourth-order valence-corrected chi connectivity index (χ4v) is 1.94. The number of H-pyrrole nitrogens is 1. The van der Waals surface area contributed by atoms with E-state index in [1.165, 1.54) is 0 Å². The molecule has 2 aromatic rings. The van der Waals surface area contributed by atoms with Crippen LogP contribution in [-0.4, -0.2) is 34.4 Å². The van der Waals surface area contributed by atoms with Gasteiger partial charge in [0.1, 0.15) is 5.69 Å². The number of rotatable bonds is 4. The number of fused-ring (bicyclic) bond motifs is 1. The first-order chi connectivity index (χ1) is 8.63. The lowest BCUT2D eigenvalue weighted by Gasteiger charge is -2.14. The van der Waals surface area contributed by atoms with Crippen LogP contribution in [0, 0.1) is 0 Å². The van der Waals surface area contributed by atoms with Gasteiger partial charge in [0.05, 0.1) is 5.52 Å². The van der Waals surface area contributed by atoms with Crippen LogP contribution in [0.4, 0.5) is 0 Å². The summed E-state index contributed by atoms with van der Waals surface area (Å²) in [7, 11) is 1.76. The van der Waals surface area contributed by atoms with Gasteiger partial charge in [0.2, 0.25) is 0 Å². The van der Waals surface area contributed by atoms with Crippen LogP contribution in [0.1, 0.15) is 16.9 Å². The molecule has 0 aromatic carbocycles. The second-order valence-corrected chi connectivity index (χ2v) is 4.41. The summed E-state index contributed by atoms with van der Waals surface area (Å²) in [5, 5.41) is 1.26. The highest BCUT2D eigenvalue weighted by Crippen LogP contribution is 2.21. The van der Waals surface area contributed by atoms with E-state index in [1.807, 2.05) is 6.07 Å². The number of halogens is 1. The number of hydrogen-bond acceptors (Lipinski definition) is 2. The third-order valence-electron chi connectivity index (χ3n) is 2.74. The van der Waals surface area contributed by atoms with Crippen molar-refractivity contribution in [3.8, 4) is 0 Å². The van der Waals surface area contributed by atoms with Crippen molar-refractivity contribution >= 4 is 28.4 Å². The number of nitrogens with zero attached hydrogens (tertiary/aromatic N) is 2. The maximum Gasteiger partial charge on any atom is 0.270 e. The number of carbonyl (C=O) groups excluding carboxylic acids is 1. The molecule has 0 spiro atoms. The standard InChI is InChI=1S/C13H14ClN3O/c1-3-4-7-17(2)13(18)10-8-9-5-6-15-12(14)11(9)16-10/h3,5-6,8,16H,1,4,7H2,2H3. The first kappa shape index (κ1) is 12.6. The van der Waals surface area contributed by atoms with Gasteiger partial charge in [-0.2, -0.15) is 0 Å². The number of carbonyl (C=O) groups is 1. The van der Waals surface area contributed by atoms with Gasteiger partial charge in [0.25, 0.3) is 5.91 Å². The molecule has 2 rings (SSSR count). The molecule has 0 fully saturated rings. The highest BCUT2D eigenvalue weighted by atomic mass is 35.5. The highest BCUT2D eigenvalue weighted by molar-refractivity contribution is 6.33. The average molecular weight is 264 g/mol. The second-order valence-electron chi connectivity index (χ2n) is 4.05. The number of aromatic nitrogens is 2. The molecule has 0 bridgehead atoms. The van der Waals surface area contributed by atoms with Crippen molar-refractivity contribution in [1.29, 1.82) is 0 Å². The number of hydrogen-bond donors (Lipinski definition) is 1. The molecule has 0 aliphatic carbocycles. The molecule has 0 aliphatic heterocycles. The Morgan fingerprint density at radius 2 is 2.44 bits per heavy atom. The van der Waals surface area contributed by atoms with Crippen molar-refractivity contribution in [3.05, 3.63) is 41.8 Å². The van der Waals surface area contributed by atoms with E-state index >= 15 is 0 Å². The lowest BCUT2D eigenvalue weighted by molar-refractivity contribution is 0.0792. The quantitative estimate of drug-likeness (QED) is 0.681. The normalized spacial score (nSPS) is 10.6. The van der Waals surface area contributed by atoms with Gasteiger partial charge in [-0.15, -0.1) is 6.58 Å². The summed E-state index contributed by atoms with van der Waals surface area (Å²) in [6.45, 7) is 4.28. The third-order valence-corrected chi connectivity index (χ3v) is 3.03. The van der Waals surface area contributed by atoms with E-state index in [9.17, 15) is 4.79 Å². The Labute approximate surface area is 110 Å². The van der Waals surface area contributed by atoms with Crippen LogP contribution in [0.3, 0.4) is 0 Å². The zero-order valence-corrected chi connectivity index (χ0v) is 10.9. The van der Waals surface area contributed by atoms with Gasteiger partial charge in [-0.3, -0.25) is 4.79 Å². The maximum absolute atomic E-state index is 12.1. The molecule has 4 nitrogen and oxygen atoms in total. The highest BCUT2D eigenvalue weighted by Gasteiger charge is 2.14. The first-order valence-electron chi connectivity index (χ1n) is 5.63. The molecular weight excluding hydrogens is 250 g/mol. The van der Waals surface area contributed by atoms with E-state index in [0.29, 0.717) is 22.9 Å². The van der Waals surface area contributed by atoms with Gasteiger partial charge in [-0.1, -0.05) is 17.7 Å². The van der Waals surface area contributed by atoms with E-state index in [-0.39, 0.29) is 5.91 Å². The van der Waals surface area contributed by atoms with Gasteiger partial charge in [-0.05, 0) is 18.6 Å². The van der Waals surface area contributed by atoms with Crippen LogP contribution in [0.2, 0.25) is 5.15 Å². The zero-order valence-electron chi connectivity index (χ0n) is 10.1. The molecule has 18 heavy (non-hydrogen) atoms. The van der Waals surface area contributed by atoms with Gasteiger partial charge >= 0.3 is 0 Å². The molecule has 5 heteroatoms. The summed E-state index contributed by atoms with van der Waals surface area (Å²) in [4.78, 5) is 20.8. The predicted octanol–water partition coefficient (Wildman–Crippen LogP) is 2.86. The van der Waals surface area contributed by atoms with E-state index in [4.69, 9.17) is 11.6 Å². The van der Waals surface area contributed by atoms with Gasteiger partial charge in [0, 0.05) is 25.2 Å². The summed E-state index contributed by atoms with van der Waals surface area (Å²) in [5.41, 5.74) is 1.21. The van der Waals surface area contributed by atoms with Crippen LogP contribution in [0.5, 0.6) is 0 Å². The van der Waals surface area contributed by atoms with Gasteiger partial charge in [0.15, 0.2) is 5.15 Å². The van der Waals surface area contributed by atoms with E-state index in [2.05, 4.69) is 16.5 Å². The SMILES string of the molecule is C=CCCN(C)C(=O)c1cc2ccnc(Cl)c2[nH]1. The first-order valence-corrected chi connectivity index (χ1v) is 6.01. The molecule has 94 valence electrons. The summed E-state index contributed by atoms with van der Waals surface area (Å²) in [6, 6.07) is 3.61. The molecule has 1 N–H and O–H groups in total. The van der Waals surface area contributed by atoms with E-state index < -0.39 is 0 Å². The molecule has 2 heterocycles. The summed E-state index contributed by atoms with van der Waals surface area (Å²) >= 11 is 5.96. The average Bonchev–Trinajstić information content (AvgIpc) is 2.80. The Hall–Kier alpha value is -1.81. The Bertz CT molecular complexity index is 591. The molecule has 2 aromatic heterocycles. The smallest absolute Gasteiger partial charge is 0.270 e. The number of pyridine rings is 1. The van der Waals surface area contributed by atoms with Crippen molar-refractivity contribution in [2.75, 3.05) is 13.6 Å². The van der Waals surface area contributed by atoms with Crippen LogP contribution >= 0.6 is 11.6 Å². The van der Waals surface area contributed by atoms with Crippen LogP contribution in [0.25, 0.3) is 10.9 Å². The maximum atomic E-state index is 12.1. The fraction of sp³-hybridized carbons (Fsp3) is 0.231. The van der Waals surface area contributed by atoms with Crippen LogP contribution in [0.15, 0.2) is 31.0 Å². The topological polar surface area (TPSA) is 49.0 Å². The minimum atomic E-state index is -0.0656. The second kappa shape index (κ2) is 5.23. The fourth-order valence-electron chi connectivity index (χ4n) is 1.73. The monoisotopic (exact) mass is 263 g/mol. The van der Waals surface area contributed by atoms with Crippen LogP contribution < -0.4 is 0 Å². The Morgan fingerprint density at radius 3 is 3.11 bits per heavy atom. The molecule has 0 saturated carbocycles. The van der Waals surface area contributed by atoms with Crippen molar-refractivity contribution in [1.82, 2.24) is 14.9 Å². The van der Waals surface area contributed by atoms with Crippen molar-refractivity contribution in [3.63, 3.8) is 0 Å². The van der Waals surface area contributed by atoms with E-state index in [1.54, 1.807) is 30.3 Å². The Kier molecular flexibility index (Phi) is 3.67. The zero-order chi connectivity index (χ0) is 13.1. The minimum absolute atomic E-state index is 0.0656. The van der Waals surface area contributed by atoms with Crippen molar-refractivity contribution in [2.24, 2.45) is 0 Å². The number of aromatic amines is 1. The summed E-state index contributed by atoms with van der Waals surface area (Å²) < 4.78 is 0.